The molecule has 0 aliphatic heterocycles. The molecule has 0 aliphatic rings. The minimum Gasteiger partial charge on any atom is -0.410 e. The third kappa shape index (κ3) is 5.42. The smallest absolute Gasteiger partial charge is 0.273 e. The Morgan fingerprint density at radius 3 is 2.28 bits per heavy atom. The second-order valence-electron chi connectivity index (χ2n) is 5.43. The van der Waals surface area contributed by atoms with Crippen LogP contribution in [0.15, 0.2) is 60.0 Å². The molecule has 0 fully saturated rings. The van der Waals surface area contributed by atoms with Gasteiger partial charge >= 0.3 is 0 Å². The van der Waals surface area contributed by atoms with Gasteiger partial charge in [-0.05, 0) is 6.42 Å². The van der Waals surface area contributed by atoms with E-state index in [1.54, 1.807) is 48.8 Å². The van der Waals surface area contributed by atoms with Gasteiger partial charge in [-0.3, -0.25) is 9.59 Å². The van der Waals surface area contributed by atoms with Gasteiger partial charge in [0.25, 0.3) is 11.8 Å². The molecule has 0 unspecified atom stereocenters. The van der Waals surface area contributed by atoms with E-state index in [-0.39, 0.29) is 11.6 Å². The second-order valence-corrected chi connectivity index (χ2v) is 5.43. The first-order valence-electron chi connectivity index (χ1n) is 7.91. The summed E-state index contributed by atoms with van der Waals surface area (Å²) in [6.07, 6.45) is 4.16. The Morgan fingerprint density at radius 1 is 1.00 bits per heavy atom. The molecule has 1 heterocycles. The lowest BCUT2D eigenvalue weighted by molar-refractivity contribution is -0.671. The van der Waals surface area contributed by atoms with E-state index < -0.39 is 5.91 Å². The number of nitrogens with zero attached hydrogens (tertiary/aromatic N) is 2. The molecule has 2 rings (SSSR count). The largest absolute Gasteiger partial charge is 0.410 e. The number of aromatic nitrogens is 1. The van der Waals surface area contributed by atoms with Crippen molar-refractivity contribution in [3.63, 3.8) is 0 Å². The molecule has 7 heteroatoms. The number of hydrogen-bond donors (Lipinski definition) is 3. The highest BCUT2D eigenvalue weighted by atomic mass is 16.4. The first-order valence-corrected chi connectivity index (χ1v) is 7.91. The Labute approximate surface area is 146 Å². The fourth-order valence-electron chi connectivity index (χ4n) is 2.16. The van der Waals surface area contributed by atoms with E-state index in [0.717, 1.165) is 0 Å². The maximum Gasteiger partial charge on any atom is 0.273 e. The number of hydrogen-bond acceptors (Lipinski definition) is 4. The van der Waals surface area contributed by atoms with E-state index in [0.29, 0.717) is 30.6 Å². The van der Waals surface area contributed by atoms with E-state index in [1.807, 2.05) is 17.7 Å². The molecule has 0 bridgehead atoms. The highest BCUT2D eigenvalue weighted by Crippen LogP contribution is 2.01. The number of pyridine rings is 1. The number of aryl methyl sites for hydroxylation is 1. The van der Waals surface area contributed by atoms with Gasteiger partial charge in [0.1, 0.15) is 7.05 Å². The number of oxime groups is 1. The summed E-state index contributed by atoms with van der Waals surface area (Å²) in [6, 6.07) is 12.2. The molecule has 7 nitrogen and oxygen atoms in total. The predicted octanol–water partition coefficient (Wildman–Crippen LogP) is 0.626. The summed E-state index contributed by atoms with van der Waals surface area (Å²) >= 11 is 0. The van der Waals surface area contributed by atoms with Crippen LogP contribution in [-0.2, 0) is 11.8 Å². The molecule has 0 saturated carbocycles. The van der Waals surface area contributed by atoms with Gasteiger partial charge in [0.2, 0.25) is 0 Å². The fourth-order valence-corrected chi connectivity index (χ4v) is 2.16. The molecule has 0 spiro atoms. The molecule has 0 radical (unpaired) electrons. The van der Waals surface area contributed by atoms with Crippen LogP contribution in [0.5, 0.6) is 0 Å². The average Bonchev–Trinajstić information content (AvgIpc) is 2.63. The Kier molecular flexibility index (Phi) is 6.65. The molecule has 0 saturated heterocycles. The Bertz CT molecular complexity index is 743. The van der Waals surface area contributed by atoms with Crippen LogP contribution in [0.4, 0.5) is 0 Å². The van der Waals surface area contributed by atoms with Crippen LogP contribution in [0.2, 0.25) is 0 Å². The van der Waals surface area contributed by atoms with Crippen molar-refractivity contribution in [2.75, 3.05) is 13.1 Å². The monoisotopic (exact) mass is 341 g/mol. The van der Waals surface area contributed by atoms with Crippen LogP contribution < -0.4 is 15.2 Å². The lowest BCUT2D eigenvalue weighted by Crippen LogP contribution is -2.34. The zero-order chi connectivity index (χ0) is 18.1. The summed E-state index contributed by atoms with van der Waals surface area (Å²) in [5.74, 6) is -0.621. The normalized spacial score (nSPS) is 11.0. The summed E-state index contributed by atoms with van der Waals surface area (Å²) in [5, 5.41) is 17.6. The van der Waals surface area contributed by atoms with Gasteiger partial charge in [-0.1, -0.05) is 35.5 Å². The number of carbonyl (C=O) groups excluding carboxylic acids is 2. The van der Waals surface area contributed by atoms with Crippen LogP contribution in [0.3, 0.4) is 0 Å². The SMILES string of the molecule is C[n+]1ccc(C(=O)NCCCNC(=O)/C(=N\O)c2ccccc2)cc1. The highest BCUT2D eigenvalue weighted by Gasteiger charge is 2.13. The van der Waals surface area contributed by atoms with Crippen molar-refractivity contribution in [3.05, 3.63) is 66.0 Å². The number of nitrogens with one attached hydrogen (secondary N) is 2. The minimum atomic E-state index is -0.462. The van der Waals surface area contributed by atoms with Crippen molar-refractivity contribution in [2.45, 2.75) is 6.42 Å². The lowest BCUT2D eigenvalue weighted by Gasteiger charge is -2.08. The van der Waals surface area contributed by atoms with Gasteiger partial charge in [0, 0.05) is 30.8 Å². The summed E-state index contributed by atoms with van der Waals surface area (Å²) in [4.78, 5) is 24.0. The molecule has 0 aliphatic carbocycles. The highest BCUT2D eigenvalue weighted by molar-refractivity contribution is 6.45. The molecule has 25 heavy (non-hydrogen) atoms. The maximum atomic E-state index is 12.0. The van der Waals surface area contributed by atoms with E-state index in [4.69, 9.17) is 5.21 Å². The van der Waals surface area contributed by atoms with Crippen molar-refractivity contribution in [1.82, 2.24) is 10.6 Å². The van der Waals surface area contributed by atoms with E-state index in [1.165, 1.54) is 0 Å². The predicted molar refractivity (Wildman–Crippen MR) is 92.3 cm³/mol. The van der Waals surface area contributed by atoms with Crippen molar-refractivity contribution in [2.24, 2.45) is 12.2 Å². The minimum absolute atomic E-state index is 0.0400. The number of carbonyl (C=O) groups is 2. The van der Waals surface area contributed by atoms with Gasteiger partial charge in [0.05, 0.1) is 5.56 Å². The Morgan fingerprint density at radius 2 is 1.64 bits per heavy atom. The van der Waals surface area contributed by atoms with Crippen molar-refractivity contribution < 1.29 is 19.4 Å². The van der Waals surface area contributed by atoms with Gasteiger partial charge in [-0.15, -0.1) is 0 Å². The van der Waals surface area contributed by atoms with E-state index in [2.05, 4.69) is 15.8 Å². The van der Waals surface area contributed by atoms with E-state index in [9.17, 15) is 9.59 Å². The van der Waals surface area contributed by atoms with Crippen molar-refractivity contribution >= 4 is 17.5 Å². The standard InChI is InChI=1S/C18H20N4O3/c1-22-12-8-15(9-13-22)17(23)19-10-5-11-20-18(24)16(21-25)14-6-3-2-4-7-14/h2-4,6-9,12-13H,5,10-11H2,1H3,(H2-,19,20,23,24,25)/p+1. The Hall–Kier alpha value is -3.22. The molecular weight excluding hydrogens is 320 g/mol. The van der Waals surface area contributed by atoms with Crippen LogP contribution in [0, 0.1) is 0 Å². The van der Waals surface area contributed by atoms with Gasteiger partial charge in [-0.2, -0.15) is 0 Å². The quantitative estimate of drug-likeness (QED) is 0.227. The van der Waals surface area contributed by atoms with Crippen molar-refractivity contribution in [1.29, 1.82) is 0 Å². The molecule has 1 aromatic carbocycles. The van der Waals surface area contributed by atoms with Gasteiger partial charge < -0.3 is 15.8 Å². The number of benzene rings is 1. The first kappa shape index (κ1) is 18.1. The maximum absolute atomic E-state index is 12.0. The zero-order valence-corrected chi connectivity index (χ0v) is 14.0. The number of amides is 2. The molecule has 2 aromatic rings. The summed E-state index contributed by atoms with van der Waals surface area (Å²) < 4.78 is 1.85. The molecule has 1 aromatic heterocycles. The molecule has 3 N–H and O–H groups in total. The topological polar surface area (TPSA) is 94.7 Å². The first-order chi connectivity index (χ1) is 12.1. The third-order valence-corrected chi connectivity index (χ3v) is 3.53. The fraction of sp³-hybridized carbons (Fsp3) is 0.222. The molecule has 2 amide bonds. The van der Waals surface area contributed by atoms with Crippen LogP contribution in [-0.4, -0.2) is 35.8 Å². The Balaban J connectivity index is 1.73. The number of rotatable bonds is 7. The zero-order valence-electron chi connectivity index (χ0n) is 14.0. The molecule has 0 atom stereocenters. The summed E-state index contributed by atoms with van der Waals surface area (Å²) in [7, 11) is 1.88. The van der Waals surface area contributed by atoms with Crippen LogP contribution in [0.1, 0.15) is 22.3 Å². The summed E-state index contributed by atoms with van der Waals surface area (Å²) in [5.41, 5.74) is 1.08. The van der Waals surface area contributed by atoms with Crippen LogP contribution in [0.25, 0.3) is 0 Å². The van der Waals surface area contributed by atoms with Crippen molar-refractivity contribution in [3.8, 4) is 0 Å². The van der Waals surface area contributed by atoms with Gasteiger partial charge in [0.15, 0.2) is 18.1 Å². The molecular formula is C18H21N4O3+. The average molecular weight is 341 g/mol. The van der Waals surface area contributed by atoms with E-state index >= 15 is 0 Å². The van der Waals surface area contributed by atoms with Gasteiger partial charge in [-0.25, -0.2) is 4.57 Å². The molecule has 130 valence electrons. The van der Waals surface area contributed by atoms with Crippen LogP contribution >= 0.6 is 0 Å². The lowest BCUT2D eigenvalue weighted by atomic mass is 10.1. The summed E-state index contributed by atoms with van der Waals surface area (Å²) in [6.45, 7) is 0.784. The third-order valence-electron chi connectivity index (χ3n) is 3.53. The second kappa shape index (κ2) is 9.17.